The zero-order chi connectivity index (χ0) is 29.9. The fraction of sp³-hybridized carbons (Fsp3) is 0.562. The Morgan fingerprint density at radius 2 is 1.74 bits per heavy atom. The minimum absolute atomic E-state index is 0.117. The Bertz CT molecular complexity index is 1410. The van der Waals surface area contributed by atoms with Gasteiger partial charge in [-0.05, 0) is 74.4 Å². The zero-order valence-electron chi connectivity index (χ0n) is 25.1. The van der Waals surface area contributed by atoms with Crippen LogP contribution in [0.4, 0.5) is 5.69 Å². The summed E-state index contributed by atoms with van der Waals surface area (Å²) in [6.45, 7) is 7.56. The van der Waals surface area contributed by atoms with E-state index in [1.807, 2.05) is 19.2 Å². The highest BCUT2D eigenvalue weighted by Gasteiger charge is 2.47. The van der Waals surface area contributed by atoms with Gasteiger partial charge < -0.3 is 19.6 Å². The minimum Gasteiger partial charge on any atom is -0.371 e. The second-order valence-corrected chi connectivity index (χ2v) is 13.2. The van der Waals surface area contributed by atoms with Crippen molar-refractivity contribution < 1.29 is 19.2 Å². The lowest BCUT2D eigenvalue weighted by atomic mass is 9.71. The van der Waals surface area contributed by atoms with Crippen LogP contribution in [0, 0.1) is 11.3 Å². The van der Waals surface area contributed by atoms with Gasteiger partial charge >= 0.3 is 0 Å². The summed E-state index contributed by atoms with van der Waals surface area (Å²) in [6, 6.07) is 4.51. The summed E-state index contributed by atoms with van der Waals surface area (Å²) in [7, 11) is 4.10. The molecule has 0 aromatic heterocycles. The van der Waals surface area contributed by atoms with Crippen molar-refractivity contribution in [1.29, 1.82) is 0 Å². The maximum Gasteiger partial charge on any atom is 0.262 e. The number of hydrogen-bond acceptors (Lipinski definition) is 9. The number of likely N-dealkylation sites (tertiary alicyclic amines) is 2. The van der Waals surface area contributed by atoms with Gasteiger partial charge in [0.25, 0.3) is 11.8 Å². The van der Waals surface area contributed by atoms with Crippen molar-refractivity contribution in [2.45, 2.75) is 44.3 Å². The molecule has 11 nitrogen and oxygen atoms in total. The van der Waals surface area contributed by atoms with Crippen LogP contribution in [0.15, 0.2) is 42.2 Å². The van der Waals surface area contributed by atoms with Gasteiger partial charge in [0.2, 0.25) is 11.8 Å². The molecule has 228 valence electrons. The average Bonchev–Trinajstić information content (AvgIpc) is 3.55. The number of carbonyl (C=O) groups is 4. The van der Waals surface area contributed by atoms with Crippen molar-refractivity contribution >= 4 is 29.3 Å². The highest BCUT2D eigenvalue weighted by atomic mass is 16.2. The van der Waals surface area contributed by atoms with Crippen LogP contribution < -0.4 is 15.5 Å². The van der Waals surface area contributed by atoms with E-state index in [1.165, 1.54) is 18.7 Å². The van der Waals surface area contributed by atoms with Gasteiger partial charge in [0, 0.05) is 71.2 Å². The maximum atomic E-state index is 13.3. The van der Waals surface area contributed by atoms with Crippen LogP contribution in [-0.4, -0.2) is 115 Å². The third kappa shape index (κ3) is 5.02. The van der Waals surface area contributed by atoms with E-state index in [1.54, 1.807) is 6.07 Å². The number of imide groups is 2. The van der Waals surface area contributed by atoms with Gasteiger partial charge in [-0.3, -0.25) is 34.7 Å². The lowest BCUT2D eigenvalue weighted by Crippen LogP contribution is -2.61. The monoisotopic (exact) mass is 587 g/mol. The molecule has 4 fully saturated rings. The largest absolute Gasteiger partial charge is 0.371 e. The van der Waals surface area contributed by atoms with Crippen LogP contribution in [0.1, 0.15) is 52.8 Å². The molecule has 2 N–H and O–H groups in total. The van der Waals surface area contributed by atoms with Crippen LogP contribution in [-0.2, 0) is 9.59 Å². The highest BCUT2D eigenvalue weighted by molar-refractivity contribution is 6.23. The SMILES string of the molecule is CNC1C=CC(N2CCC(CN3CC4(CCN(c5ccc6c(c5)C(=O)N(C5CCC(=O)NC5=O)C6=O)CC4)C3)C2)=CN1C. The van der Waals surface area contributed by atoms with Crippen molar-refractivity contribution in [2.24, 2.45) is 11.3 Å². The molecule has 7 rings (SSSR count). The molecule has 0 saturated carbocycles. The summed E-state index contributed by atoms with van der Waals surface area (Å²) in [5, 5.41) is 5.55. The van der Waals surface area contributed by atoms with Crippen LogP contribution in [0.5, 0.6) is 0 Å². The normalized spacial score (nSPS) is 28.9. The number of anilines is 1. The first-order valence-corrected chi connectivity index (χ1v) is 15.6. The van der Waals surface area contributed by atoms with E-state index in [0.717, 1.165) is 62.7 Å². The Kier molecular flexibility index (Phi) is 7.04. The summed E-state index contributed by atoms with van der Waals surface area (Å²) < 4.78 is 0. The fourth-order valence-electron chi connectivity index (χ4n) is 7.97. The second kappa shape index (κ2) is 10.8. The molecular formula is C32H41N7O4. The molecule has 6 heterocycles. The molecule has 4 saturated heterocycles. The second-order valence-electron chi connectivity index (χ2n) is 13.2. The Morgan fingerprint density at radius 3 is 2.47 bits per heavy atom. The number of nitrogens with one attached hydrogen (secondary N) is 2. The molecular weight excluding hydrogens is 546 g/mol. The molecule has 43 heavy (non-hydrogen) atoms. The molecule has 3 atom stereocenters. The number of likely N-dealkylation sites (N-methyl/N-ethyl adjacent to an activating group) is 2. The summed E-state index contributed by atoms with van der Waals surface area (Å²) in [5.41, 5.74) is 3.31. The van der Waals surface area contributed by atoms with Gasteiger partial charge in [0.1, 0.15) is 6.04 Å². The topological polar surface area (TPSA) is 109 Å². The number of nitrogens with zero attached hydrogens (tertiary/aromatic N) is 5. The van der Waals surface area contributed by atoms with Gasteiger partial charge in [-0.1, -0.05) is 0 Å². The fourth-order valence-corrected chi connectivity index (χ4v) is 7.97. The third-order valence-corrected chi connectivity index (χ3v) is 10.4. The number of carbonyl (C=O) groups excluding carboxylic acids is 4. The third-order valence-electron chi connectivity index (χ3n) is 10.4. The van der Waals surface area contributed by atoms with Gasteiger partial charge in [-0.2, -0.15) is 0 Å². The summed E-state index contributed by atoms with van der Waals surface area (Å²) in [4.78, 5) is 61.0. The van der Waals surface area contributed by atoms with E-state index in [-0.39, 0.29) is 24.9 Å². The van der Waals surface area contributed by atoms with Crippen LogP contribution in [0.2, 0.25) is 0 Å². The van der Waals surface area contributed by atoms with Crippen molar-refractivity contribution in [3.05, 3.63) is 53.4 Å². The lowest BCUT2D eigenvalue weighted by molar-refractivity contribution is -0.136. The van der Waals surface area contributed by atoms with Crippen molar-refractivity contribution in [1.82, 2.24) is 30.2 Å². The summed E-state index contributed by atoms with van der Waals surface area (Å²) >= 11 is 0. The van der Waals surface area contributed by atoms with Gasteiger partial charge in [-0.15, -0.1) is 0 Å². The molecule has 3 unspecified atom stereocenters. The first-order valence-electron chi connectivity index (χ1n) is 15.6. The summed E-state index contributed by atoms with van der Waals surface area (Å²) in [6.07, 6.45) is 10.7. The number of piperidine rings is 2. The van der Waals surface area contributed by atoms with E-state index in [2.05, 4.69) is 55.6 Å². The lowest BCUT2D eigenvalue weighted by Gasteiger charge is -2.55. The Hall–Kier alpha value is -3.70. The Morgan fingerprint density at radius 1 is 0.977 bits per heavy atom. The molecule has 1 aromatic rings. The van der Waals surface area contributed by atoms with Crippen molar-refractivity contribution in [3.8, 4) is 0 Å². The predicted octanol–water partition coefficient (Wildman–Crippen LogP) is 1.20. The summed E-state index contributed by atoms with van der Waals surface area (Å²) in [5.74, 6) is -1.16. The van der Waals surface area contributed by atoms with Gasteiger partial charge in [-0.25, -0.2) is 0 Å². The molecule has 0 radical (unpaired) electrons. The quantitative estimate of drug-likeness (QED) is 0.475. The predicted molar refractivity (Wildman–Crippen MR) is 161 cm³/mol. The zero-order valence-corrected chi connectivity index (χ0v) is 25.1. The first-order chi connectivity index (χ1) is 20.7. The van der Waals surface area contributed by atoms with Gasteiger partial charge in [0.15, 0.2) is 0 Å². The standard InChI is InChI=1S/C32H41N7O4/c1-33-27-7-4-23(18-35(27)2)38-12-9-21(17-38)16-36-19-32(20-36)10-13-37(14-11-32)22-3-5-24-25(15-22)31(43)39(30(24)42)26-6-8-28(40)34-29(26)41/h3-5,7,15,18,21,26-27,33H,6,8-14,16-17,19-20H2,1-2H3,(H,34,40,41). The van der Waals surface area contributed by atoms with E-state index in [9.17, 15) is 19.2 Å². The average molecular weight is 588 g/mol. The molecule has 6 aliphatic rings. The maximum absolute atomic E-state index is 13.3. The number of rotatable bonds is 6. The van der Waals surface area contributed by atoms with Gasteiger partial charge in [0.05, 0.1) is 23.0 Å². The molecule has 6 aliphatic heterocycles. The van der Waals surface area contributed by atoms with Crippen LogP contribution >= 0.6 is 0 Å². The van der Waals surface area contributed by atoms with Crippen molar-refractivity contribution in [2.75, 3.05) is 64.8 Å². The molecule has 11 heteroatoms. The van der Waals surface area contributed by atoms with Crippen LogP contribution in [0.3, 0.4) is 0 Å². The first kappa shape index (κ1) is 28.1. The van der Waals surface area contributed by atoms with E-state index >= 15 is 0 Å². The molecule has 4 amide bonds. The Labute approximate surface area is 252 Å². The molecule has 0 bridgehead atoms. The van der Waals surface area contributed by atoms with E-state index < -0.39 is 23.8 Å². The van der Waals surface area contributed by atoms with E-state index in [0.29, 0.717) is 22.5 Å². The number of allylic oxidation sites excluding steroid dienone is 1. The molecule has 0 aliphatic carbocycles. The van der Waals surface area contributed by atoms with Crippen LogP contribution in [0.25, 0.3) is 0 Å². The number of amides is 4. The number of benzene rings is 1. The molecule has 1 aromatic carbocycles. The Balaban J connectivity index is 0.908. The number of fused-ring (bicyclic) bond motifs is 1. The number of hydrogen-bond donors (Lipinski definition) is 2. The smallest absolute Gasteiger partial charge is 0.262 e. The highest BCUT2D eigenvalue weighted by Crippen LogP contribution is 2.42. The van der Waals surface area contributed by atoms with Crippen molar-refractivity contribution in [3.63, 3.8) is 0 Å². The molecule has 1 spiro atoms. The van der Waals surface area contributed by atoms with E-state index in [4.69, 9.17) is 0 Å². The minimum atomic E-state index is -0.939.